The first-order valence-corrected chi connectivity index (χ1v) is 5.90. The summed E-state index contributed by atoms with van der Waals surface area (Å²) in [5.74, 6) is 0.135. The highest BCUT2D eigenvalue weighted by atomic mass is 16.1. The number of carbonyl (C=O) groups excluding carboxylic acids is 1. The molecule has 1 amide bonds. The summed E-state index contributed by atoms with van der Waals surface area (Å²) in [7, 11) is 4.09. The molecule has 0 aromatic heterocycles. The second-order valence-electron chi connectivity index (χ2n) is 4.08. The summed E-state index contributed by atoms with van der Waals surface area (Å²) in [6.07, 6.45) is 4.25. The molecule has 16 heavy (non-hydrogen) atoms. The third-order valence-electron chi connectivity index (χ3n) is 2.17. The molecule has 4 nitrogen and oxygen atoms in total. The third kappa shape index (κ3) is 11.2. The van der Waals surface area contributed by atoms with E-state index in [2.05, 4.69) is 22.1 Å². The van der Waals surface area contributed by atoms with Crippen LogP contribution in [-0.2, 0) is 4.79 Å². The Balaban J connectivity index is 3.18. The lowest BCUT2D eigenvalue weighted by Crippen LogP contribution is -2.34. The molecule has 0 spiro atoms. The molecule has 0 saturated carbocycles. The van der Waals surface area contributed by atoms with Gasteiger partial charge in [-0.15, -0.1) is 6.58 Å². The minimum Gasteiger partial charge on any atom is -0.355 e. The van der Waals surface area contributed by atoms with Gasteiger partial charge in [0.1, 0.15) is 0 Å². The Morgan fingerprint density at radius 1 is 1.31 bits per heavy atom. The van der Waals surface area contributed by atoms with Gasteiger partial charge in [-0.1, -0.05) is 6.08 Å². The van der Waals surface area contributed by atoms with Gasteiger partial charge in [0, 0.05) is 32.6 Å². The van der Waals surface area contributed by atoms with Crippen LogP contribution in [0.2, 0.25) is 0 Å². The van der Waals surface area contributed by atoms with E-state index in [1.165, 1.54) is 0 Å². The highest BCUT2D eigenvalue weighted by Crippen LogP contribution is 1.94. The molecule has 94 valence electrons. The highest BCUT2D eigenvalue weighted by molar-refractivity contribution is 5.75. The van der Waals surface area contributed by atoms with E-state index in [4.69, 9.17) is 0 Å². The summed E-state index contributed by atoms with van der Waals surface area (Å²) < 4.78 is 0. The number of unbranched alkanes of at least 4 members (excludes halogenated alkanes) is 1. The lowest BCUT2D eigenvalue weighted by Gasteiger charge is -2.10. The van der Waals surface area contributed by atoms with Gasteiger partial charge in [0.2, 0.25) is 5.91 Å². The van der Waals surface area contributed by atoms with Crippen LogP contribution < -0.4 is 10.6 Å². The Kier molecular flexibility index (Phi) is 10.1. The Bertz CT molecular complexity index is 193. The third-order valence-corrected chi connectivity index (χ3v) is 2.17. The Hall–Kier alpha value is -0.870. The topological polar surface area (TPSA) is 44.4 Å². The van der Waals surface area contributed by atoms with Gasteiger partial charge in [-0.25, -0.2) is 0 Å². The van der Waals surface area contributed by atoms with Crippen molar-refractivity contribution in [3.63, 3.8) is 0 Å². The van der Waals surface area contributed by atoms with Gasteiger partial charge in [-0.05, 0) is 26.9 Å². The molecular weight excluding hydrogens is 202 g/mol. The molecule has 0 aliphatic rings. The zero-order valence-electron chi connectivity index (χ0n) is 10.6. The molecule has 0 aromatic rings. The minimum atomic E-state index is 0.135. The summed E-state index contributed by atoms with van der Waals surface area (Å²) in [6.45, 7) is 7.14. The van der Waals surface area contributed by atoms with E-state index in [0.29, 0.717) is 13.0 Å². The minimum absolute atomic E-state index is 0.135. The second-order valence-corrected chi connectivity index (χ2v) is 4.08. The van der Waals surface area contributed by atoms with Crippen molar-refractivity contribution < 1.29 is 4.79 Å². The van der Waals surface area contributed by atoms with Gasteiger partial charge in [-0.2, -0.15) is 0 Å². The lowest BCUT2D eigenvalue weighted by molar-refractivity contribution is -0.121. The highest BCUT2D eigenvalue weighted by Gasteiger charge is 1.98. The molecule has 2 N–H and O–H groups in total. The fraction of sp³-hybridized carbons (Fsp3) is 0.750. The zero-order chi connectivity index (χ0) is 12.2. The molecule has 0 fully saturated rings. The van der Waals surface area contributed by atoms with E-state index in [1.54, 1.807) is 0 Å². The maximum absolute atomic E-state index is 11.3. The fourth-order valence-electron chi connectivity index (χ4n) is 1.21. The predicted octanol–water partition coefficient (Wildman–Crippen LogP) is 0.610. The fourth-order valence-corrected chi connectivity index (χ4v) is 1.21. The van der Waals surface area contributed by atoms with Crippen LogP contribution in [0.1, 0.15) is 19.3 Å². The summed E-state index contributed by atoms with van der Waals surface area (Å²) in [4.78, 5) is 13.4. The van der Waals surface area contributed by atoms with Crippen LogP contribution in [0.5, 0.6) is 0 Å². The van der Waals surface area contributed by atoms with Crippen LogP contribution in [-0.4, -0.2) is 51.1 Å². The predicted molar refractivity (Wildman–Crippen MR) is 68.5 cm³/mol. The van der Waals surface area contributed by atoms with Crippen molar-refractivity contribution in [1.82, 2.24) is 15.5 Å². The van der Waals surface area contributed by atoms with E-state index < -0.39 is 0 Å². The molecule has 4 heteroatoms. The molecule has 0 atom stereocenters. The monoisotopic (exact) mass is 227 g/mol. The van der Waals surface area contributed by atoms with E-state index in [0.717, 1.165) is 32.5 Å². The van der Waals surface area contributed by atoms with Gasteiger partial charge in [0.05, 0.1) is 0 Å². The van der Waals surface area contributed by atoms with Crippen molar-refractivity contribution in [2.24, 2.45) is 0 Å². The van der Waals surface area contributed by atoms with E-state index in [-0.39, 0.29) is 5.91 Å². The van der Waals surface area contributed by atoms with Gasteiger partial charge in [0.25, 0.3) is 0 Å². The van der Waals surface area contributed by atoms with Crippen molar-refractivity contribution >= 4 is 5.91 Å². The molecule has 0 bridgehead atoms. The first-order valence-electron chi connectivity index (χ1n) is 5.90. The molecular formula is C12H25N3O. The summed E-state index contributed by atoms with van der Waals surface area (Å²) in [6, 6.07) is 0. The molecule has 0 radical (unpaired) electrons. The summed E-state index contributed by atoms with van der Waals surface area (Å²) >= 11 is 0. The SMILES string of the molecule is C=CCCCC(=O)NCCNCCN(C)C. The number of allylic oxidation sites excluding steroid dienone is 1. The van der Waals surface area contributed by atoms with Gasteiger partial charge in [0.15, 0.2) is 0 Å². The van der Waals surface area contributed by atoms with Crippen LogP contribution in [0.15, 0.2) is 12.7 Å². The number of hydrogen-bond acceptors (Lipinski definition) is 3. The van der Waals surface area contributed by atoms with Gasteiger partial charge < -0.3 is 15.5 Å². The van der Waals surface area contributed by atoms with Crippen molar-refractivity contribution in [1.29, 1.82) is 0 Å². The van der Waals surface area contributed by atoms with Crippen LogP contribution in [0.25, 0.3) is 0 Å². The number of carbonyl (C=O) groups is 1. The van der Waals surface area contributed by atoms with Crippen molar-refractivity contribution in [2.75, 3.05) is 40.3 Å². The zero-order valence-corrected chi connectivity index (χ0v) is 10.6. The van der Waals surface area contributed by atoms with Crippen LogP contribution in [0.3, 0.4) is 0 Å². The second kappa shape index (κ2) is 10.6. The molecule has 0 aliphatic carbocycles. The Labute approximate surface area is 99.1 Å². The quantitative estimate of drug-likeness (QED) is 0.424. The number of likely N-dealkylation sites (N-methyl/N-ethyl adjacent to an activating group) is 1. The molecule has 0 heterocycles. The van der Waals surface area contributed by atoms with Crippen LogP contribution in [0.4, 0.5) is 0 Å². The molecule has 0 aromatic carbocycles. The largest absolute Gasteiger partial charge is 0.355 e. The lowest BCUT2D eigenvalue weighted by atomic mass is 10.2. The van der Waals surface area contributed by atoms with Crippen molar-refractivity contribution in [3.05, 3.63) is 12.7 Å². The Morgan fingerprint density at radius 3 is 2.69 bits per heavy atom. The first kappa shape index (κ1) is 15.1. The molecule has 0 unspecified atom stereocenters. The van der Waals surface area contributed by atoms with Gasteiger partial charge >= 0.3 is 0 Å². The Morgan fingerprint density at radius 2 is 2.06 bits per heavy atom. The number of amides is 1. The summed E-state index contributed by atoms with van der Waals surface area (Å²) in [5, 5.41) is 6.15. The summed E-state index contributed by atoms with van der Waals surface area (Å²) in [5.41, 5.74) is 0. The first-order chi connectivity index (χ1) is 7.66. The molecule has 0 rings (SSSR count). The maximum Gasteiger partial charge on any atom is 0.220 e. The molecule has 0 saturated heterocycles. The standard InChI is InChI=1S/C12H25N3O/c1-4-5-6-7-12(16)14-9-8-13-10-11-15(2)3/h4,13H,1,5-11H2,2-3H3,(H,14,16). The van der Waals surface area contributed by atoms with E-state index >= 15 is 0 Å². The average molecular weight is 227 g/mol. The van der Waals surface area contributed by atoms with Crippen molar-refractivity contribution in [3.8, 4) is 0 Å². The smallest absolute Gasteiger partial charge is 0.220 e. The average Bonchev–Trinajstić information content (AvgIpc) is 2.23. The number of nitrogens with zero attached hydrogens (tertiary/aromatic N) is 1. The van der Waals surface area contributed by atoms with E-state index in [1.807, 2.05) is 20.2 Å². The maximum atomic E-state index is 11.3. The van der Waals surface area contributed by atoms with Crippen LogP contribution >= 0.6 is 0 Å². The van der Waals surface area contributed by atoms with E-state index in [9.17, 15) is 4.79 Å². The number of rotatable bonds is 10. The van der Waals surface area contributed by atoms with Crippen molar-refractivity contribution in [2.45, 2.75) is 19.3 Å². The number of hydrogen-bond donors (Lipinski definition) is 2. The van der Waals surface area contributed by atoms with Crippen LogP contribution in [0, 0.1) is 0 Å². The normalized spacial score (nSPS) is 10.4. The number of nitrogens with one attached hydrogen (secondary N) is 2. The van der Waals surface area contributed by atoms with Gasteiger partial charge in [-0.3, -0.25) is 4.79 Å². The molecule has 0 aliphatic heterocycles.